The van der Waals surface area contributed by atoms with Gasteiger partial charge in [0, 0.05) is 49.1 Å². The maximum atomic E-state index is 14.3. The third-order valence-corrected chi connectivity index (χ3v) is 8.83. The van der Waals surface area contributed by atoms with Crippen LogP contribution in [-0.2, 0) is 20.9 Å². The van der Waals surface area contributed by atoms with Crippen LogP contribution in [0.5, 0.6) is 11.5 Å². The highest BCUT2D eigenvalue weighted by Gasteiger charge is 2.55. The van der Waals surface area contributed by atoms with Gasteiger partial charge >= 0.3 is 6.16 Å². The molecule has 3 aliphatic heterocycles. The quantitative estimate of drug-likeness (QED) is 0.118. The van der Waals surface area contributed by atoms with E-state index >= 15 is 0 Å². The molecule has 3 aliphatic rings. The fourth-order valence-electron chi connectivity index (χ4n) is 6.15. The molecule has 2 aromatic carbocycles. The van der Waals surface area contributed by atoms with Crippen LogP contribution < -0.4 is 20.2 Å². The molecule has 6 rings (SSSR count). The van der Waals surface area contributed by atoms with E-state index in [1.54, 1.807) is 4.90 Å². The minimum absolute atomic E-state index is 0.0552. The van der Waals surface area contributed by atoms with Crippen LogP contribution >= 0.6 is 0 Å². The second-order valence-electron chi connectivity index (χ2n) is 11.8. The van der Waals surface area contributed by atoms with Gasteiger partial charge < -0.3 is 38.6 Å². The van der Waals surface area contributed by atoms with E-state index in [0.717, 1.165) is 24.3 Å². The number of rotatable bonds is 8. The Morgan fingerprint density at radius 2 is 1.94 bits per heavy atom. The van der Waals surface area contributed by atoms with Crippen molar-refractivity contribution in [2.45, 2.75) is 50.4 Å². The van der Waals surface area contributed by atoms with Crippen LogP contribution in [0.1, 0.15) is 58.6 Å². The number of nitro groups is 1. The number of methoxy groups -OCH3 is 1. The summed E-state index contributed by atoms with van der Waals surface area (Å²) in [6, 6.07) is 6.32. The zero-order valence-corrected chi connectivity index (χ0v) is 26.6. The molecule has 262 valence electrons. The van der Waals surface area contributed by atoms with Gasteiger partial charge in [-0.15, -0.1) is 0 Å². The SMILES string of the molecule is COC1=NO[C@@]2(CC[C@H](C)N3C[C@H]2n2cc(C(=O)NCc4ccc(F)cc4F)c(=O)c(OCOC(=O)Oc4ccc([N+](=O)[O-])cc4)c2C3=O)C1. The van der Waals surface area contributed by atoms with Crippen LogP contribution in [0.15, 0.2) is 58.6 Å². The van der Waals surface area contributed by atoms with Crippen LogP contribution in [0.3, 0.4) is 0 Å². The molecule has 1 fully saturated rings. The Balaban J connectivity index is 1.33. The molecule has 1 saturated heterocycles. The average molecular weight is 698 g/mol. The fraction of sp³-hybridized carbons (Fsp3) is 0.344. The van der Waals surface area contributed by atoms with E-state index in [4.69, 9.17) is 23.8 Å². The number of aromatic nitrogens is 1. The van der Waals surface area contributed by atoms with Gasteiger partial charge in [0.05, 0.1) is 24.5 Å². The van der Waals surface area contributed by atoms with Crippen molar-refractivity contribution < 1.29 is 51.9 Å². The minimum atomic E-state index is -1.30. The highest BCUT2D eigenvalue weighted by molar-refractivity contribution is 5.99. The van der Waals surface area contributed by atoms with Crippen LogP contribution in [-0.4, -0.2) is 70.3 Å². The van der Waals surface area contributed by atoms with E-state index in [0.29, 0.717) is 24.8 Å². The second-order valence-corrected chi connectivity index (χ2v) is 11.8. The van der Waals surface area contributed by atoms with Gasteiger partial charge in [-0.3, -0.25) is 24.5 Å². The third kappa shape index (κ3) is 6.38. The van der Waals surface area contributed by atoms with Crippen LogP contribution in [0.4, 0.5) is 19.3 Å². The standard InChI is InChI=1S/C32H29F2N5O11/c1-17-9-10-32(12-25(46-2)36-50-32)24-15-37(17)30(42)26-28(47-16-48-31(43)49-21-7-5-20(6-8-21)39(44)45)27(40)22(14-38(24)26)29(41)35-13-18-3-4-19(33)11-23(18)34/h3-8,11,14,17,24H,9-10,12-13,15-16H2,1-2H3,(H,35,41)/t17-,24+,32-/m0/s1. The lowest BCUT2D eigenvalue weighted by molar-refractivity contribution is -0.384. The topological polar surface area (TPSA) is 190 Å². The Labute approximate surface area is 281 Å². The molecule has 50 heavy (non-hydrogen) atoms. The molecule has 2 amide bonds. The molecule has 0 saturated carbocycles. The number of carbonyl (C=O) groups excluding carboxylic acids is 3. The number of fused-ring (bicyclic) bond motifs is 5. The van der Waals surface area contributed by atoms with Crippen molar-refractivity contribution in [1.82, 2.24) is 14.8 Å². The Hall–Kier alpha value is -6.07. The highest BCUT2D eigenvalue weighted by atomic mass is 19.1. The van der Waals surface area contributed by atoms with Crippen molar-refractivity contribution in [3.63, 3.8) is 0 Å². The number of hydrogen-bond donors (Lipinski definition) is 1. The molecule has 1 N–H and O–H groups in total. The summed E-state index contributed by atoms with van der Waals surface area (Å²) in [4.78, 5) is 71.6. The number of oxime groups is 1. The number of hydrogen-bond acceptors (Lipinski definition) is 12. The molecule has 0 unspecified atom stereocenters. The zero-order chi connectivity index (χ0) is 35.7. The van der Waals surface area contributed by atoms with E-state index in [9.17, 15) is 38.1 Å². The number of pyridine rings is 1. The monoisotopic (exact) mass is 697 g/mol. The van der Waals surface area contributed by atoms with Gasteiger partial charge in [0.15, 0.2) is 11.3 Å². The lowest BCUT2D eigenvalue weighted by Gasteiger charge is -2.42. The minimum Gasteiger partial charge on any atom is -0.482 e. The summed E-state index contributed by atoms with van der Waals surface area (Å²) in [5.74, 6) is -3.70. The number of non-ortho nitro benzene ring substituents is 1. The van der Waals surface area contributed by atoms with Gasteiger partial charge in [0.1, 0.15) is 22.9 Å². The maximum Gasteiger partial charge on any atom is 0.516 e. The van der Waals surface area contributed by atoms with Gasteiger partial charge in [-0.1, -0.05) is 11.2 Å². The zero-order valence-electron chi connectivity index (χ0n) is 26.6. The Morgan fingerprint density at radius 1 is 1.18 bits per heavy atom. The summed E-state index contributed by atoms with van der Waals surface area (Å²) in [5.41, 5.74) is -3.14. The highest BCUT2D eigenvalue weighted by Crippen LogP contribution is 2.46. The first kappa shape index (κ1) is 33.8. The lowest BCUT2D eigenvalue weighted by Crippen LogP contribution is -2.52. The molecule has 18 heteroatoms. The predicted octanol–water partition coefficient (Wildman–Crippen LogP) is 3.81. The number of carbonyl (C=O) groups is 3. The first-order chi connectivity index (χ1) is 23.9. The van der Waals surface area contributed by atoms with Crippen LogP contribution in [0, 0.1) is 21.7 Å². The lowest BCUT2D eigenvalue weighted by atomic mass is 9.85. The molecular formula is C32H29F2N5O11. The third-order valence-electron chi connectivity index (χ3n) is 8.83. The van der Waals surface area contributed by atoms with Gasteiger partial charge in [0.2, 0.25) is 23.9 Å². The van der Waals surface area contributed by atoms with Gasteiger partial charge in [-0.05, 0) is 38.0 Å². The Morgan fingerprint density at radius 3 is 2.62 bits per heavy atom. The molecule has 3 aromatic rings. The van der Waals surface area contributed by atoms with Gasteiger partial charge in [0.25, 0.3) is 17.5 Å². The number of nitrogens with one attached hydrogen (secondary N) is 1. The summed E-state index contributed by atoms with van der Waals surface area (Å²) >= 11 is 0. The molecule has 2 bridgehead atoms. The number of ether oxygens (including phenoxy) is 4. The average Bonchev–Trinajstić information content (AvgIpc) is 3.47. The smallest absolute Gasteiger partial charge is 0.482 e. The number of halogens is 2. The van der Waals surface area contributed by atoms with Crippen molar-refractivity contribution in [2.75, 3.05) is 20.4 Å². The van der Waals surface area contributed by atoms with E-state index in [2.05, 4.69) is 10.5 Å². The molecule has 1 aromatic heterocycles. The number of nitrogens with zero attached hydrogens (tertiary/aromatic N) is 4. The van der Waals surface area contributed by atoms with E-state index in [1.165, 1.54) is 30.0 Å². The summed E-state index contributed by atoms with van der Waals surface area (Å²) in [7, 11) is 1.44. The van der Waals surface area contributed by atoms with Crippen molar-refractivity contribution in [3.05, 3.63) is 97.5 Å². The molecule has 1 spiro atoms. The maximum absolute atomic E-state index is 14.3. The number of nitro benzene ring substituents is 1. The number of amides is 2. The predicted molar refractivity (Wildman–Crippen MR) is 166 cm³/mol. The van der Waals surface area contributed by atoms with E-state index in [1.807, 2.05) is 6.92 Å². The first-order valence-electron chi connectivity index (χ1n) is 15.2. The largest absolute Gasteiger partial charge is 0.516 e. The van der Waals surface area contributed by atoms with Gasteiger partial charge in [-0.2, -0.15) is 0 Å². The van der Waals surface area contributed by atoms with Crippen molar-refractivity contribution in [3.8, 4) is 11.5 Å². The summed E-state index contributed by atoms with van der Waals surface area (Å²) in [6.45, 7) is 0.586. The molecular weight excluding hydrogens is 668 g/mol. The first-order valence-corrected chi connectivity index (χ1v) is 15.2. The molecule has 0 radical (unpaired) electrons. The molecule has 3 atom stereocenters. The molecule has 4 heterocycles. The summed E-state index contributed by atoms with van der Waals surface area (Å²) in [5, 5.41) is 17.4. The van der Waals surface area contributed by atoms with Crippen LogP contribution in [0.25, 0.3) is 0 Å². The van der Waals surface area contributed by atoms with Crippen molar-refractivity contribution >= 4 is 29.6 Å². The Kier molecular flexibility index (Phi) is 9.09. The van der Waals surface area contributed by atoms with Gasteiger partial charge in [-0.25, -0.2) is 13.6 Å². The Bertz CT molecular complexity index is 1970. The van der Waals surface area contributed by atoms with Crippen molar-refractivity contribution in [1.29, 1.82) is 0 Å². The molecule has 0 aliphatic carbocycles. The summed E-state index contributed by atoms with van der Waals surface area (Å²) < 4.78 is 50.1. The van der Waals surface area contributed by atoms with Crippen LogP contribution in [0.2, 0.25) is 0 Å². The fourth-order valence-corrected chi connectivity index (χ4v) is 6.15. The number of benzene rings is 2. The normalized spacial score (nSPS) is 20.6. The van der Waals surface area contributed by atoms with E-state index in [-0.39, 0.29) is 41.7 Å². The summed E-state index contributed by atoms with van der Waals surface area (Å²) in [6.07, 6.45) is 1.02. The second kappa shape index (κ2) is 13.4. The van der Waals surface area contributed by atoms with E-state index < -0.39 is 76.2 Å². The van der Waals surface area contributed by atoms with Crippen molar-refractivity contribution in [2.24, 2.45) is 5.16 Å². The molecule has 16 nitrogen and oxygen atoms in total.